The molecule has 3 aromatic heterocycles. The molecule has 0 bridgehead atoms. The van der Waals surface area contributed by atoms with Crippen molar-refractivity contribution in [2.75, 3.05) is 14.2 Å². The van der Waals surface area contributed by atoms with Crippen LogP contribution in [0.1, 0.15) is 27.2 Å². The summed E-state index contributed by atoms with van der Waals surface area (Å²) < 4.78 is 21.3. The first-order chi connectivity index (χ1) is 26.4. The van der Waals surface area contributed by atoms with Crippen LogP contribution in [0.2, 0.25) is 10.0 Å². The summed E-state index contributed by atoms with van der Waals surface area (Å²) in [6.45, 7) is 0.798. The van der Waals surface area contributed by atoms with Gasteiger partial charge in [-0.3, -0.25) is 19.2 Å². The number of hydrogen-bond donors (Lipinski definition) is 2. The zero-order valence-corrected chi connectivity index (χ0v) is 35.3. The van der Waals surface area contributed by atoms with Crippen molar-refractivity contribution >= 4 is 78.9 Å². The number of fused-ring (bicyclic) bond motifs is 1. The summed E-state index contributed by atoms with van der Waals surface area (Å²) in [5.41, 5.74) is 1.04. The average Bonchev–Trinajstić information content (AvgIpc) is 3.17. The first-order valence-corrected chi connectivity index (χ1v) is 18.8. The molecule has 0 aliphatic carbocycles. The molecular weight excluding hydrogens is 919 g/mol. The van der Waals surface area contributed by atoms with Crippen LogP contribution in [0.5, 0.6) is 11.5 Å². The van der Waals surface area contributed by atoms with E-state index < -0.39 is 34.4 Å². The normalized spacial score (nSPS) is 10.8. The predicted molar refractivity (Wildman–Crippen MR) is 225 cm³/mol. The number of aromatic hydroxyl groups is 1. The number of carbonyl (C=O) groups is 1. The number of carbonyl (C=O) groups excluding carboxylic acids is 1. The van der Waals surface area contributed by atoms with Gasteiger partial charge in [0.25, 0.3) is 11.5 Å². The highest BCUT2D eigenvalue weighted by molar-refractivity contribution is 9.10. The van der Waals surface area contributed by atoms with Crippen LogP contribution >= 0.6 is 67.5 Å². The molecule has 2 N–H and O–H groups in total. The number of nitrogens with zero attached hydrogens (tertiary/aromatic N) is 3. The van der Waals surface area contributed by atoms with Gasteiger partial charge in [0.05, 0.1) is 22.0 Å². The number of methoxy groups -OCH3 is 2. The molecule has 3 aromatic carbocycles. The minimum absolute atomic E-state index is 0. The Balaban J connectivity index is 0.000000263. The van der Waals surface area contributed by atoms with Gasteiger partial charge in [-0.05, 0) is 72.8 Å². The van der Waals surface area contributed by atoms with Gasteiger partial charge in [-0.2, -0.15) is 0 Å². The van der Waals surface area contributed by atoms with Gasteiger partial charge in [0.15, 0.2) is 29.0 Å². The molecular formula is C39H35Br2Cl3N4O8. The van der Waals surface area contributed by atoms with Gasteiger partial charge in [-0.15, -0.1) is 12.4 Å². The molecule has 17 heteroatoms. The van der Waals surface area contributed by atoms with Crippen LogP contribution in [-0.2, 0) is 35.7 Å². The molecule has 56 heavy (non-hydrogen) atoms. The molecule has 0 spiro atoms. The Bertz CT molecular complexity index is 2490. The van der Waals surface area contributed by atoms with Crippen molar-refractivity contribution in [2.45, 2.75) is 32.5 Å². The monoisotopic (exact) mass is 950 g/mol. The van der Waals surface area contributed by atoms with Gasteiger partial charge >= 0.3 is 0 Å². The van der Waals surface area contributed by atoms with Gasteiger partial charge in [-0.1, -0.05) is 77.8 Å². The second-order valence-electron chi connectivity index (χ2n) is 11.9. The molecule has 0 aliphatic heterocycles. The zero-order valence-electron chi connectivity index (χ0n) is 29.8. The Hall–Kier alpha value is -4.41. The lowest BCUT2D eigenvalue weighted by Crippen LogP contribution is -2.32. The second kappa shape index (κ2) is 20.7. The van der Waals surface area contributed by atoms with Crippen LogP contribution in [0.15, 0.2) is 127 Å². The topological polar surface area (TPSA) is 142 Å². The van der Waals surface area contributed by atoms with E-state index in [0.29, 0.717) is 16.6 Å². The summed E-state index contributed by atoms with van der Waals surface area (Å²) >= 11 is 18.3. The Kier molecular flexibility index (Phi) is 16.4. The van der Waals surface area contributed by atoms with Crippen LogP contribution in [0, 0.1) is 0 Å². The van der Waals surface area contributed by atoms with Crippen LogP contribution in [0.4, 0.5) is 0 Å². The largest absolute Gasteiger partial charge is 0.503 e. The summed E-state index contributed by atoms with van der Waals surface area (Å²) in [6.07, 6.45) is 5.53. The van der Waals surface area contributed by atoms with Gasteiger partial charge in [0, 0.05) is 55.6 Å². The number of hydrogen-bond acceptors (Lipinski definition) is 8. The first-order valence-electron chi connectivity index (χ1n) is 16.4. The maximum absolute atomic E-state index is 13.3. The molecule has 0 radical (unpaired) electrons. The maximum Gasteiger partial charge on any atom is 0.279 e. The van der Waals surface area contributed by atoms with Gasteiger partial charge in [0.2, 0.25) is 10.9 Å². The van der Waals surface area contributed by atoms with Crippen molar-refractivity contribution in [2.24, 2.45) is 0 Å². The van der Waals surface area contributed by atoms with Crippen molar-refractivity contribution in [3.8, 4) is 11.5 Å². The number of rotatable bonds is 12. The van der Waals surface area contributed by atoms with Gasteiger partial charge in [-0.25, -0.2) is 0 Å². The molecule has 0 fully saturated rings. The highest BCUT2D eigenvalue weighted by atomic mass is 79.9. The summed E-state index contributed by atoms with van der Waals surface area (Å²) in [4.78, 5) is 50.5. The second-order valence-corrected chi connectivity index (χ2v) is 14.5. The number of aromatic nitrogens is 3. The minimum Gasteiger partial charge on any atom is -0.503 e. The minimum atomic E-state index is -0.638. The molecule has 12 nitrogen and oxygen atoms in total. The van der Waals surface area contributed by atoms with Crippen LogP contribution < -0.4 is 26.5 Å². The van der Waals surface area contributed by atoms with Gasteiger partial charge in [0.1, 0.15) is 6.61 Å². The standard InChI is InChI=1S/C24H24BrClN2O5.C15H10BrClN2O3.ClH/c1-31-20(32-2)14-28-13-19(25)22(29)23(33-15-16-7-4-3-5-8-16)21(28)24(30)27-12-17-9-6-10-18(26)11-17;16-11-8-18-4-5-19(7-9-2-1-3-10(17)6-9)15(22)12(18)14(21)13(11)20;/h3-11,13,20H,12,14-15H2,1-2H3,(H,27,30);1-6,8,21H,7H2;1H. The fourth-order valence-electron chi connectivity index (χ4n) is 5.40. The van der Waals surface area contributed by atoms with Crippen LogP contribution in [-0.4, -0.2) is 45.1 Å². The van der Waals surface area contributed by atoms with E-state index in [-0.39, 0.29) is 58.0 Å². The molecule has 0 saturated carbocycles. The Morgan fingerprint density at radius 1 is 0.804 bits per heavy atom. The fourth-order valence-corrected chi connectivity index (χ4v) is 6.66. The zero-order chi connectivity index (χ0) is 39.6. The van der Waals surface area contributed by atoms with Crippen molar-refractivity contribution in [3.63, 3.8) is 0 Å². The lowest BCUT2D eigenvalue weighted by molar-refractivity contribution is -0.111. The molecule has 6 rings (SSSR count). The predicted octanol–water partition coefficient (Wildman–Crippen LogP) is 7.44. The highest BCUT2D eigenvalue weighted by Gasteiger charge is 2.24. The summed E-state index contributed by atoms with van der Waals surface area (Å²) in [7, 11) is 2.99. The number of amides is 1. The summed E-state index contributed by atoms with van der Waals surface area (Å²) in [6, 6.07) is 23.7. The smallest absolute Gasteiger partial charge is 0.279 e. The number of ether oxygens (including phenoxy) is 3. The van der Waals surface area contributed by atoms with E-state index in [2.05, 4.69) is 37.2 Å². The van der Waals surface area contributed by atoms with E-state index in [9.17, 15) is 24.3 Å². The number of benzene rings is 3. The number of halogens is 5. The molecule has 0 saturated heterocycles. The van der Waals surface area contributed by atoms with Crippen molar-refractivity contribution < 1.29 is 24.1 Å². The number of pyridine rings is 2. The lowest BCUT2D eigenvalue weighted by atomic mass is 10.2. The van der Waals surface area contributed by atoms with E-state index >= 15 is 0 Å². The molecule has 1 amide bonds. The van der Waals surface area contributed by atoms with Crippen molar-refractivity contribution in [1.82, 2.24) is 18.9 Å². The van der Waals surface area contributed by atoms with E-state index in [1.54, 1.807) is 53.4 Å². The lowest BCUT2D eigenvalue weighted by Gasteiger charge is -2.21. The van der Waals surface area contributed by atoms with Crippen LogP contribution in [0.25, 0.3) is 5.52 Å². The molecule has 0 unspecified atom stereocenters. The molecule has 0 aliphatic rings. The maximum atomic E-state index is 13.3. The summed E-state index contributed by atoms with van der Waals surface area (Å²) in [5, 5.41) is 13.9. The Morgan fingerprint density at radius 2 is 1.41 bits per heavy atom. The van der Waals surface area contributed by atoms with Crippen molar-refractivity contribution in [1.29, 1.82) is 0 Å². The Morgan fingerprint density at radius 3 is 2.05 bits per heavy atom. The third-order valence-electron chi connectivity index (χ3n) is 8.13. The van der Waals surface area contributed by atoms with E-state index in [4.69, 9.17) is 37.4 Å². The molecule has 294 valence electrons. The SMILES string of the molecule is COC(Cn1cc(Br)c(=O)c(OCc2ccccc2)c1C(=O)NCc1cccc(Cl)c1)OC.Cl.O=c1c(Br)cn2ccn(Cc3cccc(Cl)c3)c(=O)c2c1O. The van der Waals surface area contributed by atoms with E-state index in [0.717, 1.165) is 16.7 Å². The molecule has 3 heterocycles. The van der Waals surface area contributed by atoms with Crippen molar-refractivity contribution in [3.05, 3.63) is 176 Å². The molecule has 6 aromatic rings. The molecule has 0 atom stereocenters. The third-order valence-corrected chi connectivity index (χ3v) is 9.73. The van der Waals surface area contributed by atoms with E-state index in [1.807, 2.05) is 42.5 Å². The fraction of sp³-hybridized carbons (Fsp3) is 0.179. The third kappa shape index (κ3) is 11.1. The first kappa shape index (κ1) is 44.3. The van der Waals surface area contributed by atoms with Gasteiger partial charge < -0.3 is 38.2 Å². The van der Waals surface area contributed by atoms with Crippen LogP contribution in [0.3, 0.4) is 0 Å². The number of nitrogens with one attached hydrogen (secondary N) is 1. The highest BCUT2D eigenvalue weighted by Crippen LogP contribution is 2.22. The quantitative estimate of drug-likeness (QED) is 0.121. The van der Waals surface area contributed by atoms with E-state index in [1.165, 1.54) is 35.6 Å². The Labute approximate surface area is 353 Å². The average molecular weight is 954 g/mol. The summed E-state index contributed by atoms with van der Waals surface area (Å²) in [5.74, 6) is -1.11.